The fourth-order valence-electron chi connectivity index (χ4n) is 2.24. The molecule has 0 aliphatic carbocycles. The Kier molecular flexibility index (Phi) is 5.98. The second kappa shape index (κ2) is 7.26. The standard InChI is InChI=1S/C14H24N2O4/c1-9(10(2)14(19)20)12(17)15-11(3)13(18)16-7-5-4-6-8-16/h9-11H,4-8H2,1-3H3,(H,15,17)(H,19,20). The van der Waals surface area contributed by atoms with Crippen molar-refractivity contribution in [3.63, 3.8) is 0 Å². The molecule has 1 saturated heterocycles. The van der Waals surface area contributed by atoms with Crippen LogP contribution in [0.2, 0.25) is 0 Å². The van der Waals surface area contributed by atoms with Crippen molar-refractivity contribution in [2.75, 3.05) is 13.1 Å². The molecular weight excluding hydrogens is 260 g/mol. The molecule has 2 amide bonds. The first-order valence-electron chi connectivity index (χ1n) is 7.16. The lowest BCUT2D eigenvalue weighted by Crippen LogP contribution is -2.50. The summed E-state index contributed by atoms with van der Waals surface area (Å²) in [5.74, 6) is -2.93. The van der Waals surface area contributed by atoms with Crippen LogP contribution >= 0.6 is 0 Å². The number of piperidine rings is 1. The third kappa shape index (κ3) is 4.21. The van der Waals surface area contributed by atoms with Crippen LogP contribution in [-0.4, -0.2) is 46.9 Å². The molecule has 0 saturated carbocycles. The van der Waals surface area contributed by atoms with E-state index in [-0.39, 0.29) is 5.91 Å². The summed E-state index contributed by atoms with van der Waals surface area (Å²) < 4.78 is 0. The van der Waals surface area contributed by atoms with E-state index in [1.165, 1.54) is 6.92 Å². The maximum absolute atomic E-state index is 12.2. The van der Waals surface area contributed by atoms with Gasteiger partial charge in [-0.3, -0.25) is 14.4 Å². The second-order valence-electron chi connectivity index (χ2n) is 5.53. The first-order valence-corrected chi connectivity index (χ1v) is 7.16. The van der Waals surface area contributed by atoms with Crippen LogP contribution in [-0.2, 0) is 14.4 Å². The summed E-state index contributed by atoms with van der Waals surface area (Å²) in [7, 11) is 0. The molecule has 20 heavy (non-hydrogen) atoms. The third-order valence-corrected chi connectivity index (χ3v) is 3.95. The lowest BCUT2D eigenvalue weighted by molar-refractivity contribution is -0.146. The topological polar surface area (TPSA) is 86.7 Å². The van der Waals surface area contributed by atoms with Crippen LogP contribution in [0.25, 0.3) is 0 Å². The molecule has 1 rings (SSSR count). The van der Waals surface area contributed by atoms with Crippen LogP contribution in [0.3, 0.4) is 0 Å². The molecule has 0 aromatic carbocycles. The Morgan fingerprint density at radius 1 is 1.00 bits per heavy atom. The van der Waals surface area contributed by atoms with Gasteiger partial charge in [-0.2, -0.15) is 0 Å². The van der Waals surface area contributed by atoms with Crippen molar-refractivity contribution in [3.8, 4) is 0 Å². The van der Waals surface area contributed by atoms with E-state index in [0.29, 0.717) is 0 Å². The Bertz CT molecular complexity index is 377. The summed E-state index contributed by atoms with van der Waals surface area (Å²) in [5.41, 5.74) is 0. The zero-order valence-electron chi connectivity index (χ0n) is 12.4. The summed E-state index contributed by atoms with van der Waals surface area (Å²) in [6.45, 7) is 6.17. The van der Waals surface area contributed by atoms with Gasteiger partial charge < -0.3 is 15.3 Å². The monoisotopic (exact) mass is 284 g/mol. The summed E-state index contributed by atoms with van der Waals surface area (Å²) in [4.78, 5) is 36.7. The van der Waals surface area contributed by atoms with Crippen LogP contribution < -0.4 is 5.32 Å². The van der Waals surface area contributed by atoms with Gasteiger partial charge >= 0.3 is 5.97 Å². The number of amides is 2. The molecular formula is C14H24N2O4. The first kappa shape index (κ1) is 16.5. The van der Waals surface area contributed by atoms with Crippen molar-refractivity contribution in [2.45, 2.75) is 46.1 Å². The molecule has 0 spiro atoms. The predicted octanol–water partition coefficient (Wildman–Crippen LogP) is 0.860. The highest BCUT2D eigenvalue weighted by Crippen LogP contribution is 2.13. The average Bonchev–Trinajstić information content (AvgIpc) is 2.45. The Morgan fingerprint density at radius 2 is 1.55 bits per heavy atom. The molecule has 3 atom stereocenters. The minimum Gasteiger partial charge on any atom is -0.481 e. The highest BCUT2D eigenvalue weighted by atomic mass is 16.4. The molecule has 0 bridgehead atoms. The highest BCUT2D eigenvalue weighted by Gasteiger charge is 2.29. The van der Waals surface area contributed by atoms with Gasteiger partial charge in [-0.25, -0.2) is 0 Å². The maximum atomic E-state index is 12.2. The number of likely N-dealkylation sites (tertiary alicyclic amines) is 1. The van der Waals surface area contributed by atoms with Crippen LogP contribution in [0.5, 0.6) is 0 Å². The number of rotatable bonds is 5. The molecule has 1 aliphatic heterocycles. The van der Waals surface area contributed by atoms with E-state index in [2.05, 4.69) is 5.32 Å². The number of nitrogens with zero attached hydrogens (tertiary/aromatic N) is 1. The number of carbonyl (C=O) groups excluding carboxylic acids is 2. The van der Waals surface area contributed by atoms with Crippen molar-refractivity contribution in [1.82, 2.24) is 10.2 Å². The molecule has 1 fully saturated rings. The molecule has 6 nitrogen and oxygen atoms in total. The summed E-state index contributed by atoms with van der Waals surface area (Å²) in [6, 6.07) is -0.607. The van der Waals surface area contributed by atoms with Crippen LogP contribution in [0.4, 0.5) is 0 Å². The summed E-state index contributed by atoms with van der Waals surface area (Å²) in [6.07, 6.45) is 3.13. The van der Waals surface area contributed by atoms with E-state index in [9.17, 15) is 14.4 Å². The van der Waals surface area contributed by atoms with Gasteiger partial charge in [-0.05, 0) is 26.2 Å². The van der Waals surface area contributed by atoms with Crippen LogP contribution in [0, 0.1) is 11.8 Å². The quantitative estimate of drug-likeness (QED) is 0.784. The molecule has 2 N–H and O–H groups in total. The Balaban J connectivity index is 2.51. The molecule has 3 unspecified atom stereocenters. The molecule has 1 heterocycles. The van der Waals surface area contributed by atoms with E-state index in [1.807, 2.05) is 0 Å². The zero-order valence-corrected chi connectivity index (χ0v) is 12.4. The van der Waals surface area contributed by atoms with Crippen molar-refractivity contribution in [2.24, 2.45) is 11.8 Å². The largest absolute Gasteiger partial charge is 0.481 e. The van der Waals surface area contributed by atoms with E-state index < -0.39 is 29.8 Å². The summed E-state index contributed by atoms with van der Waals surface area (Å²) >= 11 is 0. The summed E-state index contributed by atoms with van der Waals surface area (Å²) in [5, 5.41) is 11.5. The maximum Gasteiger partial charge on any atom is 0.307 e. The van der Waals surface area contributed by atoms with Crippen molar-refractivity contribution in [3.05, 3.63) is 0 Å². The number of nitrogens with one attached hydrogen (secondary N) is 1. The van der Waals surface area contributed by atoms with Crippen molar-refractivity contribution in [1.29, 1.82) is 0 Å². The fourth-order valence-corrected chi connectivity index (χ4v) is 2.24. The number of carboxylic acids is 1. The minimum atomic E-state index is -1.01. The SMILES string of the molecule is CC(NC(=O)C(C)C(C)C(=O)O)C(=O)N1CCCCC1. The Labute approximate surface area is 119 Å². The second-order valence-corrected chi connectivity index (χ2v) is 5.53. The molecule has 0 aromatic rings. The molecule has 6 heteroatoms. The van der Waals surface area contributed by atoms with Gasteiger partial charge in [0.15, 0.2) is 0 Å². The van der Waals surface area contributed by atoms with Gasteiger partial charge in [0.2, 0.25) is 11.8 Å². The fraction of sp³-hybridized carbons (Fsp3) is 0.786. The van der Waals surface area contributed by atoms with Gasteiger partial charge in [-0.1, -0.05) is 13.8 Å². The van der Waals surface area contributed by atoms with E-state index in [4.69, 9.17) is 5.11 Å². The van der Waals surface area contributed by atoms with Crippen LogP contribution in [0.15, 0.2) is 0 Å². The van der Waals surface area contributed by atoms with E-state index >= 15 is 0 Å². The number of hydrogen-bond acceptors (Lipinski definition) is 3. The molecule has 1 aliphatic rings. The average molecular weight is 284 g/mol. The predicted molar refractivity (Wildman–Crippen MR) is 74.0 cm³/mol. The van der Waals surface area contributed by atoms with Crippen LogP contribution in [0.1, 0.15) is 40.0 Å². The minimum absolute atomic E-state index is 0.0896. The van der Waals surface area contributed by atoms with E-state index in [0.717, 1.165) is 32.4 Å². The Hall–Kier alpha value is -1.59. The van der Waals surface area contributed by atoms with Gasteiger partial charge in [0.05, 0.1) is 5.92 Å². The van der Waals surface area contributed by atoms with Gasteiger partial charge in [0.1, 0.15) is 6.04 Å². The number of hydrogen-bond donors (Lipinski definition) is 2. The molecule has 0 aromatic heterocycles. The van der Waals surface area contributed by atoms with Crippen molar-refractivity contribution < 1.29 is 19.5 Å². The van der Waals surface area contributed by atoms with Gasteiger partial charge in [0.25, 0.3) is 0 Å². The third-order valence-electron chi connectivity index (χ3n) is 3.95. The number of aliphatic carboxylic acids is 1. The normalized spacial score (nSPS) is 19.9. The lowest BCUT2D eigenvalue weighted by Gasteiger charge is -2.30. The molecule has 114 valence electrons. The smallest absolute Gasteiger partial charge is 0.307 e. The van der Waals surface area contributed by atoms with E-state index in [1.54, 1.807) is 18.7 Å². The highest BCUT2D eigenvalue weighted by molar-refractivity contribution is 5.90. The first-order chi connectivity index (χ1) is 9.34. The molecule has 0 radical (unpaired) electrons. The lowest BCUT2D eigenvalue weighted by atomic mass is 9.95. The Morgan fingerprint density at radius 3 is 2.05 bits per heavy atom. The van der Waals surface area contributed by atoms with Gasteiger partial charge in [0, 0.05) is 19.0 Å². The number of carboxylic acid groups (broad SMARTS) is 1. The number of carbonyl (C=O) groups is 3. The zero-order chi connectivity index (χ0) is 15.3. The van der Waals surface area contributed by atoms with Gasteiger partial charge in [-0.15, -0.1) is 0 Å². The van der Waals surface area contributed by atoms with Crippen molar-refractivity contribution >= 4 is 17.8 Å².